The highest BCUT2D eigenvalue weighted by molar-refractivity contribution is 5.97. The van der Waals surface area contributed by atoms with Crippen LogP contribution in [0.1, 0.15) is 32.3 Å². The lowest BCUT2D eigenvalue weighted by Gasteiger charge is -2.32. The maximum Gasteiger partial charge on any atom is 0.130 e. The molecule has 0 bridgehead atoms. The first-order valence-corrected chi connectivity index (χ1v) is 6.31. The lowest BCUT2D eigenvalue weighted by Crippen LogP contribution is -2.36. The number of rotatable bonds is 3. The summed E-state index contributed by atoms with van der Waals surface area (Å²) < 4.78 is 11.7. The van der Waals surface area contributed by atoms with Gasteiger partial charge in [-0.1, -0.05) is 12.1 Å². The van der Waals surface area contributed by atoms with Crippen LogP contribution in [0.4, 0.5) is 0 Å². The van der Waals surface area contributed by atoms with E-state index < -0.39 is 0 Å². The van der Waals surface area contributed by atoms with Crippen LogP contribution in [0.15, 0.2) is 24.3 Å². The number of amidine groups is 1. The zero-order valence-electron chi connectivity index (χ0n) is 10.8. The van der Waals surface area contributed by atoms with Gasteiger partial charge in [0.15, 0.2) is 0 Å². The Morgan fingerprint density at radius 3 is 2.50 bits per heavy atom. The number of nitrogen functional groups attached to an aromatic ring is 1. The molecule has 0 spiro atoms. The molecule has 0 aliphatic carbocycles. The monoisotopic (exact) mass is 248 g/mol. The van der Waals surface area contributed by atoms with Crippen molar-refractivity contribution in [1.29, 1.82) is 5.41 Å². The normalized spacial score (nSPS) is 27.8. The van der Waals surface area contributed by atoms with Gasteiger partial charge in [0.1, 0.15) is 17.7 Å². The number of nitrogens with one attached hydrogen (secondary N) is 1. The summed E-state index contributed by atoms with van der Waals surface area (Å²) in [5, 5.41) is 7.55. The topological polar surface area (TPSA) is 68.3 Å². The van der Waals surface area contributed by atoms with Gasteiger partial charge in [-0.3, -0.25) is 5.41 Å². The second-order valence-corrected chi connectivity index (χ2v) is 4.88. The van der Waals surface area contributed by atoms with E-state index in [4.69, 9.17) is 20.6 Å². The maximum absolute atomic E-state index is 7.55. The molecule has 0 saturated carbocycles. The standard InChI is InChI=1S/C14H20N2O2/c1-9-7-11(8-10(2)17-9)18-13-6-4-3-5-12(13)14(15)16/h3-6,9-11H,7-8H2,1-2H3,(H3,15,16). The summed E-state index contributed by atoms with van der Waals surface area (Å²) in [5.74, 6) is 0.732. The third kappa shape index (κ3) is 3.01. The van der Waals surface area contributed by atoms with E-state index >= 15 is 0 Å². The van der Waals surface area contributed by atoms with Crippen molar-refractivity contribution in [2.45, 2.75) is 45.0 Å². The number of para-hydroxylation sites is 1. The van der Waals surface area contributed by atoms with Crippen molar-refractivity contribution < 1.29 is 9.47 Å². The summed E-state index contributed by atoms with van der Waals surface area (Å²) in [4.78, 5) is 0. The van der Waals surface area contributed by atoms with Crippen molar-refractivity contribution in [2.75, 3.05) is 0 Å². The maximum atomic E-state index is 7.55. The quantitative estimate of drug-likeness (QED) is 0.637. The summed E-state index contributed by atoms with van der Waals surface area (Å²) >= 11 is 0. The van der Waals surface area contributed by atoms with E-state index in [1.54, 1.807) is 0 Å². The third-order valence-electron chi connectivity index (χ3n) is 3.13. The molecule has 2 unspecified atom stereocenters. The van der Waals surface area contributed by atoms with Crippen LogP contribution in [-0.2, 0) is 4.74 Å². The van der Waals surface area contributed by atoms with Gasteiger partial charge < -0.3 is 15.2 Å². The summed E-state index contributed by atoms with van der Waals surface area (Å²) in [5.41, 5.74) is 6.21. The van der Waals surface area contributed by atoms with E-state index in [0.29, 0.717) is 11.3 Å². The van der Waals surface area contributed by atoms with Gasteiger partial charge in [0.25, 0.3) is 0 Å². The SMILES string of the molecule is CC1CC(Oc2ccccc2C(=N)N)CC(C)O1. The molecule has 4 nitrogen and oxygen atoms in total. The van der Waals surface area contributed by atoms with Crippen molar-refractivity contribution in [1.82, 2.24) is 0 Å². The number of hydrogen-bond donors (Lipinski definition) is 2. The summed E-state index contributed by atoms with van der Waals surface area (Å²) in [6.45, 7) is 4.12. The minimum atomic E-state index is 0.0405. The Morgan fingerprint density at radius 1 is 1.28 bits per heavy atom. The second-order valence-electron chi connectivity index (χ2n) is 4.88. The minimum absolute atomic E-state index is 0.0405. The van der Waals surface area contributed by atoms with Gasteiger partial charge in [0.2, 0.25) is 0 Å². The van der Waals surface area contributed by atoms with Crippen LogP contribution in [-0.4, -0.2) is 24.1 Å². The van der Waals surface area contributed by atoms with E-state index in [-0.39, 0.29) is 24.1 Å². The molecule has 1 aliphatic rings. The first kappa shape index (κ1) is 12.9. The Labute approximate surface area is 108 Å². The Kier molecular flexibility index (Phi) is 3.87. The first-order valence-electron chi connectivity index (χ1n) is 6.31. The highest BCUT2D eigenvalue weighted by atomic mass is 16.5. The molecule has 18 heavy (non-hydrogen) atoms. The lowest BCUT2D eigenvalue weighted by molar-refractivity contribution is -0.0721. The summed E-state index contributed by atoms with van der Waals surface area (Å²) in [7, 11) is 0. The molecule has 1 saturated heterocycles. The fourth-order valence-electron chi connectivity index (χ4n) is 2.41. The van der Waals surface area contributed by atoms with Crippen LogP contribution >= 0.6 is 0 Å². The lowest BCUT2D eigenvalue weighted by atomic mass is 10.0. The first-order chi connectivity index (χ1) is 8.56. The smallest absolute Gasteiger partial charge is 0.130 e. The molecule has 1 aromatic rings. The summed E-state index contributed by atoms with van der Waals surface area (Å²) in [6, 6.07) is 7.43. The van der Waals surface area contributed by atoms with E-state index in [1.807, 2.05) is 24.3 Å². The number of hydrogen-bond acceptors (Lipinski definition) is 3. The number of ether oxygens (including phenoxy) is 2. The zero-order chi connectivity index (χ0) is 13.1. The molecule has 0 aromatic heterocycles. The van der Waals surface area contributed by atoms with Gasteiger partial charge in [-0.2, -0.15) is 0 Å². The average molecular weight is 248 g/mol. The van der Waals surface area contributed by atoms with Crippen LogP contribution in [0.25, 0.3) is 0 Å². The Bertz CT molecular complexity index is 424. The Balaban J connectivity index is 2.11. The van der Waals surface area contributed by atoms with E-state index in [2.05, 4.69) is 13.8 Å². The molecule has 2 atom stereocenters. The third-order valence-corrected chi connectivity index (χ3v) is 3.13. The molecular weight excluding hydrogens is 228 g/mol. The van der Waals surface area contributed by atoms with Crippen LogP contribution in [0, 0.1) is 5.41 Å². The van der Waals surface area contributed by atoms with Gasteiger partial charge in [-0.15, -0.1) is 0 Å². The average Bonchev–Trinajstić information content (AvgIpc) is 2.27. The number of benzene rings is 1. The van der Waals surface area contributed by atoms with E-state index in [9.17, 15) is 0 Å². The van der Waals surface area contributed by atoms with Gasteiger partial charge in [-0.25, -0.2) is 0 Å². The van der Waals surface area contributed by atoms with Crippen molar-refractivity contribution in [3.63, 3.8) is 0 Å². The van der Waals surface area contributed by atoms with Crippen molar-refractivity contribution >= 4 is 5.84 Å². The Morgan fingerprint density at radius 2 is 1.89 bits per heavy atom. The molecule has 1 aliphatic heterocycles. The Hall–Kier alpha value is -1.55. The van der Waals surface area contributed by atoms with Crippen LogP contribution in [0.2, 0.25) is 0 Å². The molecule has 3 N–H and O–H groups in total. The molecule has 0 amide bonds. The van der Waals surface area contributed by atoms with E-state index in [0.717, 1.165) is 12.8 Å². The fourth-order valence-corrected chi connectivity index (χ4v) is 2.41. The van der Waals surface area contributed by atoms with Gasteiger partial charge in [-0.05, 0) is 26.0 Å². The molecule has 98 valence electrons. The minimum Gasteiger partial charge on any atom is -0.489 e. The van der Waals surface area contributed by atoms with Crippen LogP contribution < -0.4 is 10.5 Å². The van der Waals surface area contributed by atoms with Crippen LogP contribution in [0.3, 0.4) is 0 Å². The van der Waals surface area contributed by atoms with Gasteiger partial charge in [0, 0.05) is 12.8 Å². The fraction of sp³-hybridized carbons (Fsp3) is 0.500. The van der Waals surface area contributed by atoms with Gasteiger partial charge >= 0.3 is 0 Å². The highest BCUT2D eigenvalue weighted by Crippen LogP contribution is 2.26. The summed E-state index contributed by atoms with van der Waals surface area (Å²) in [6.07, 6.45) is 2.29. The largest absolute Gasteiger partial charge is 0.489 e. The molecule has 2 rings (SSSR count). The molecular formula is C14H20N2O2. The van der Waals surface area contributed by atoms with Gasteiger partial charge in [0.05, 0.1) is 17.8 Å². The van der Waals surface area contributed by atoms with E-state index in [1.165, 1.54) is 0 Å². The van der Waals surface area contributed by atoms with Crippen molar-refractivity contribution in [3.8, 4) is 5.75 Å². The molecule has 4 heteroatoms. The van der Waals surface area contributed by atoms with Crippen LogP contribution in [0.5, 0.6) is 5.75 Å². The van der Waals surface area contributed by atoms with Crippen molar-refractivity contribution in [2.24, 2.45) is 5.73 Å². The molecule has 1 fully saturated rings. The zero-order valence-corrected chi connectivity index (χ0v) is 10.8. The molecule has 1 heterocycles. The predicted octanol–water partition coefficient (Wildman–Crippen LogP) is 2.31. The second kappa shape index (κ2) is 5.40. The molecule has 0 radical (unpaired) electrons. The number of nitrogens with two attached hydrogens (primary N) is 1. The predicted molar refractivity (Wildman–Crippen MR) is 71.1 cm³/mol. The van der Waals surface area contributed by atoms with Crippen molar-refractivity contribution in [3.05, 3.63) is 29.8 Å². The highest BCUT2D eigenvalue weighted by Gasteiger charge is 2.26. The molecule has 1 aromatic carbocycles.